The Hall–Kier alpha value is -3.18. The molecule has 5 nitrogen and oxygen atoms in total. The predicted octanol–water partition coefficient (Wildman–Crippen LogP) is 6.75. The number of ether oxygens (including phenoxy) is 3. The SMILES string of the molecule is COc1ccccc1OCc1nc2ccccc2n1CCCCOc1cc(C)c(Cl)c(C)c1. The number of rotatable bonds is 10. The normalized spacial score (nSPS) is 11.0. The number of halogens is 1. The summed E-state index contributed by atoms with van der Waals surface area (Å²) >= 11 is 6.25. The summed E-state index contributed by atoms with van der Waals surface area (Å²) in [6.45, 7) is 5.87. The number of imidazole rings is 1. The first-order valence-corrected chi connectivity index (χ1v) is 11.5. The largest absolute Gasteiger partial charge is 0.494 e. The maximum Gasteiger partial charge on any atom is 0.161 e. The van der Waals surface area contributed by atoms with Crippen LogP contribution in [0.1, 0.15) is 29.8 Å². The van der Waals surface area contributed by atoms with Gasteiger partial charge in [-0.3, -0.25) is 0 Å². The fourth-order valence-corrected chi connectivity index (χ4v) is 4.03. The van der Waals surface area contributed by atoms with Gasteiger partial charge >= 0.3 is 0 Å². The molecule has 0 bridgehead atoms. The minimum absolute atomic E-state index is 0.370. The molecule has 4 aromatic rings. The van der Waals surface area contributed by atoms with Crippen molar-refractivity contribution in [1.29, 1.82) is 0 Å². The number of unbranched alkanes of at least 4 members (excludes halogenated alkanes) is 1. The molecule has 6 heteroatoms. The van der Waals surface area contributed by atoms with Crippen LogP contribution in [0.3, 0.4) is 0 Å². The highest BCUT2D eigenvalue weighted by atomic mass is 35.5. The van der Waals surface area contributed by atoms with Crippen molar-refractivity contribution in [3.8, 4) is 17.2 Å². The van der Waals surface area contributed by atoms with Gasteiger partial charge in [-0.15, -0.1) is 0 Å². The van der Waals surface area contributed by atoms with Crippen LogP contribution in [0.5, 0.6) is 17.2 Å². The lowest BCUT2D eigenvalue weighted by molar-refractivity contribution is 0.270. The van der Waals surface area contributed by atoms with E-state index in [1.807, 2.05) is 68.4 Å². The molecule has 0 saturated carbocycles. The molecule has 0 atom stereocenters. The van der Waals surface area contributed by atoms with Gasteiger partial charge in [-0.25, -0.2) is 4.98 Å². The molecule has 0 unspecified atom stereocenters. The van der Waals surface area contributed by atoms with Gasteiger partial charge in [0.2, 0.25) is 0 Å². The molecule has 0 fully saturated rings. The molecule has 3 aromatic carbocycles. The van der Waals surface area contributed by atoms with Crippen LogP contribution in [0, 0.1) is 13.8 Å². The third-order valence-electron chi connectivity index (χ3n) is 5.61. The van der Waals surface area contributed by atoms with Gasteiger partial charge < -0.3 is 18.8 Å². The van der Waals surface area contributed by atoms with Crippen molar-refractivity contribution in [2.24, 2.45) is 0 Å². The van der Waals surface area contributed by atoms with E-state index in [4.69, 9.17) is 30.8 Å². The topological polar surface area (TPSA) is 45.5 Å². The summed E-state index contributed by atoms with van der Waals surface area (Å²) in [6.07, 6.45) is 1.90. The van der Waals surface area contributed by atoms with E-state index in [1.165, 1.54) is 0 Å². The van der Waals surface area contributed by atoms with E-state index in [-0.39, 0.29) is 0 Å². The molecule has 1 heterocycles. The zero-order valence-corrected chi connectivity index (χ0v) is 20.1. The fraction of sp³-hybridized carbons (Fsp3) is 0.296. The maximum absolute atomic E-state index is 6.25. The molecular formula is C27H29ClN2O3. The summed E-state index contributed by atoms with van der Waals surface area (Å²) in [5, 5.41) is 0.803. The van der Waals surface area contributed by atoms with Crippen molar-refractivity contribution >= 4 is 22.6 Å². The van der Waals surface area contributed by atoms with Gasteiger partial charge in [0.25, 0.3) is 0 Å². The van der Waals surface area contributed by atoms with Gasteiger partial charge in [0, 0.05) is 11.6 Å². The average molecular weight is 465 g/mol. The van der Waals surface area contributed by atoms with Gasteiger partial charge in [0.05, 0.1) is 24.8 Å². The highest BCUT2D eigenvalue weighted by Gasteiger charge is 2.12. The van der Waals surface area contributed by atoms with Gasteiger partial charge in [0.1, 0.15) is 18.2 Å². The standard InChI is InChI=1S/C27H29ClN2O3/c1-19-16-21(17-20(2)27(19)28)32-15-9-8-14-30-23-11-5-4-10-22(23)29-26(30)18-33-25-13-7-6-12-24(25)31-3/h4-7,10-13,16-17H,8-9,14-15,18H2,1-3H3. The predicted molar refractivity (Wildman–Crippen MR) is 133 cm³/mol. The smallest absolute Gasteiger partial charge is 0.161 e. The molecule has 0 N–H and O–H groups in total. The molecule has 0 aliphatic rings. The number of hydrogen-bond acceptors (Lipinski definition) is 4. The van der Waals surface area contributed by atoms with E-state index >= 15 is 0 Å². The fourth-order valence-electron chi connectivity index (χ4n) is 3.92. The van der Waals surface area contributed by atoms with Gasteiger partial charge in [-0.2, -0.15) is 0 Å². The molecule has 172 valence electrons. The van der Waals surface area contributed by atoms with Crippen molar-refractivity contribution < 1.29 is 14.2 Å². The molecule has 4 rings (SSSR count). The second-order valence-electron chi connectivity index (χ2n) is 8.03. The lowest BCUT2D eigenvalue weighted by atomic mass is 10.1. The van der Waals surface area contributed by atoms with E-state index in [2.05, 4.69) is 10.6 Å². The molecular weight excluding hydrogens is 436 g/mol. The van der Waals surface area contributed by atoms with E-state index < -0.39 is 0 Å². The maximum atomic E-state index is 6.25. The van der Waals surface area contributed by atoms with Crippen LogP contribution in [0.15, 0.2) is 60.7 Å². The van der Waals surface area contributed by atoms with Crippen LogP contribution in [0.4, 0.5) is 0 Å². The number of para-hydroxylation sites is 4. The van der Waals surface area contributed by atoms with E-state index in [0.29, 0.717) is 24.7 Å². The molecule has 1 aromatic heterocycles. The van der Waals surface area contributed by atoms with Crippen molar-refractivity contribution in [2.45, 2.75) is 39.8 Å². The third kappa shape index (κ3) is 5.42. The Kier molecular flexibility index (Phi) is 7.40. The van der Waals surface area contributed by atoms with Crippen LogP contribution < -0.4 is 14.2 Å². The monoisotopic (exact) mass is 464 g/mol. The van der Waals surface area contributed by atoms with Crippen molar-refractivity contribution in [3.05, 3.63) is 82.6 Å². The molecule has 0 aliphatic heterocycles. The zero-order chi connectivity index (χ0) is 23.2. The second kappa shape index (κ2) is 10.6. The highest BCUT2D eigenvalue weighted by Crippen LogP contribution is 2.28. The third-order valence-corrected chi connectivity index (χ3v) is 6.21. The first kappa shape index (κ1) is 23.0. The number of methoxy groups -OCH3 is 1. The van der Waals surface area contributed by atoms with E-state index in [1.54, 1.807) is 7.11 Å². The van der Waals surface area contributed by atoms with Crippen molar-refractivity contribution in [3.63, 3.8) is 0 Å². The molecule has 0 radical (unpaired) electrons. The van der Waals surface area contributed by atoms with Crippen molar-refractivity contribution in [2.75, 3.05) is 13.7 Å². The Bertz CT molecular complexity index is 1210. The Morgan fingerprint density at radius 3 is 2.33 bits per heavy atom. The number of benzene rings is 3. The zero-order valence-electron chi connectivity index (χ0n) is 19.3. The molecule has 0 aliphatic carbocycles. The molecule has 0 spiro atoms. The Labute approximate surface area is 199 Å². The Balaban J connectivity index is 1.39. The van der Waals surface area contributed by atoms with E-state index in [0.717, 1.165) is 58.1 Å². The van der Waals surface area contributed by atoms with Gasteiger partial charge in [-0.05, 0) is 74.2 Å². The minimum Gasteiger partial charge on any atom is -0.494 e. The number of aromatic nitrogens is 2. The number of aryl methyl sites for hydroxylation is 3. The van der Waals surface area contributed by atoms with Crippen molar-refractivity contribution in [1.82, 2.24) is 9.55 Å². The first-order valence-electron chi connectivity index (χ1n) is 11.2. The summed E-state index contributed by atoms with van der Waals surface area (Å²) in [4.78, 5) is 4.81. The Morgan fingerprint density at radius 2 is 1.58 bits per heavy atom. The molecule has 0 amide bonds. The number of nitrogens with zero attached hydrogens (tertiary/aromatic N) is 2. The van der Waals surface area contributed by atoms with E-state index in [9.17, 15) is 0 Å². The second-order valence-corrected chi connectivity index (χ2v) is 8.41. The summed E-state index contributed by atoms with van der Waals surface area (Å²) in [5.41, 5.74) is 4.16. The van der Waals surface area contributed by atoms with Crippen LogP contribution in [0.2, 0.25) is 5.02 Å². The summed E-state index contributed by atoms with van der Waals surface area (Å²) in [7, 11) is 1.65. The lowest BCUT2D eigenvalue weighted by Gasteiger charge is -2.13. The first-order chi connectivity index (χ1) is 16.1. The quantitative estimate of drug-likeness (QED) is 0.243. The average Bonchev–Trinajstić information content (AvgIpc) is 3.18. The summed E-state index contributed by atoms with van der Waals surface area (Å²) < 4.78 is 19.7. The number of fused-ring (bicyclic) bond motifs is 1. The van der Waals surface area contributed by atoms with Crippen LogP contribution >= 0.6 is 11.6 Å². The lowest BCUT2D eigenvalue weighted by Crippen LogP contribution is -2.09. The Morgan fingerprint density at radius 1 is 0.879 bits per heavy atom. The minimum atomic E-state index is 0.370. The van der Waals surface area contributed by atoms with Crippen LogP contribution in [-0.4, -0.2) is 23.3 Å². The summed E-state index contributed by atoms with van der Waals surface area (Å²) in [5.74, 6) is 3.19. The molecule has 0 saturated heterocycles. The van der Waals surface area contributed by atoms with Crippen LogP contribution in [-0.2, 0) is 13.2 Å². The summed E-state index contributed by atoms with van der Waals surface area (Å²) in [6, 6.07) is 19.8. The van der Waals surface area contributed by atoms with Gasteiger partial charge in [-0.1, -0.05) is 35.9 Å². The molecule has 33 heavy (non-hydrogen) atoms. The van der Waals surface area contributed by atoms with Crippen LogP contribution in [0.25, 0.3) is 11.0 Å². The number of hydrogen-bond donors (Lipinski definition) is 0. The van der Waals surface area contributed by atoms with Gasteiger partial charge in [0.15, 0.2) is 11.5 Å². The highest BCUT2D eigenvalue weighted by molar-refractivity contribution is 6.32.